The molecule has 1 saturated heterocycles. The lowest BCUT2D eigenvalue weighted by Gasteiger charge is -2.34. The molecule has 132 valence electrons. The number of nitrogens with zero attached hydrogens (tertiary/aromatic N) is 3. The SMILES string of the molecule is O=C(O)c1cccc(N2CCN(S(=O)(=O)c3ccc(F)cc3)CC2)n1. The van der Waals surface area contributed by atoms with Crippen LogP contribution in [0.15, 0.2) is 47.4 Å². The fraction of sp³-hybridized carbons (Fsp3) is 0.250. The number of aromatic carboxylic acids is 1. The number of hydrogen-bond donors (Lipinski definition) is 1. The fourth-order valence-corrected chi connectivity index (χ4v) is 4.05. The van der Waals surface area contributed by atoms with Crippen LogP contribution in [-0.2, 0) is 10.0 Å². The predicted octanol–water partition coefficient (Wildman–Crippen LogP) is 1.43. The molecule has 0 saturated carbocycles. The lowest BCUT2D eigenvalue weighted by atomic mass is 10.3. The summed E-state index contributed by atoms with van der Waals surface area (Å²) in [5.41, 5.74) is -0.0566. The number of rotatable bonds is 4. The quantitative estimate of drug-likeness (QED) is 0.881. The molecule has 7 nitrogen and oxygen atoms in total. The van der Waals surface area contributed by atoms with Gasteiger partial charge in [0, 0.05) is 26.2 Å². The van der Waals surface area contributed by atoms with Gasteiger partial charge in [0.2, 0.25) is 10.0 Å². The summed E-state index contributed by atoms with van der Waals surface area (Å²) in [7, 11) is -3.68. The second kappa shape index (κ2) is 6.77. The van der Waals surface area contributed by atoms with Crippen molar-refractivity contribution in [3.8, 4) is 0 Å². The zero-order valence-corrected chi connectivity index (χ0v) is 14.0. The van der Waals surface area contributed by atoms with E-state index in [-0.39, 0.29) is 23.7 Å². The molecule has 0 unspecified atom stereocenters. The summed E-state index contributed by atoms with van der Waals surface area (Å²) >= 11 is 0. The number of carbonyl (C=O) groups is 1. The van der Waals surface area contributed by atoms with Gasteiger partial charge in [0.15, 0.2) is 5.69 Å². The van der Waals surface area contributed by atoms with Gasteiger partial charge in [-0.2, -0.15) is 4.31 Å². The van der Waals surface area contributed by atoms with E-state index < -0.39 is 21.8 Å². The first-order valence-electron chi connectivity index (χ1n) is 7.59. The number of hydrogen-bond acceptors (Lipinski definition) is 5. The highest BCUT2D eigenvalue weighted by Gasteiger charge is 2.29. The standard InChI is InChI=1S/C16H16FN3O4S/c17-12-4-6-13(7-5-12)25(23,24)20-10-8-19(9-11-20)15-3-1-2-14(18-15)16(21)22/h1-7H,8-11H2,(H,21,22). The van der Waals surface area contributed by atoms with Crippen molar-refractivity contribution in [2.24, 2.45) is 0 Å². The molecule has 1 aliphatic rings. The first-order valence-corrected chi connectivity index (χ1v) is 9.03. The smallest absolute Gasteiger partial charge is 0.354 e. The molecule has 1 N–H and O–H groups in total. The topological polar surface area (TPSA) is 90.8 Å². The van der Waals surface area contributed by atoms with Gasteiger partial charge in [-0.1, -0.05) is 6.07 Å². The number of aromatic nitrogens is 1. The number of anilines is 1. The minimum Gasteiger partial charge on any atom is -0.477 e. The number of piperazine rings is 1. The van der Waals surface area contributed by atoms with E-state index in [1.165, 1.54) is 22.5 Å². The van der Waals surface area contributed by atoms with Crippen molar-refractivity contribution in [3.63, 3.8) is 0 Å². The van der Waals surface area contributed by atoms with Crippen molar-refractivity contribution in [2.75, 3.05) is 31.1 Å². The number of carboxylic acids is 1. The largest absolute Gasteiger partial charge is 0.477 e. The van der Waals surface area contributed by atoms with Crippen LogP contribution < -0.4 is 4.90 Å². The van der Waals surface area contributed by atoms with Crippen molar-refractivity contribution in [2.45, 2.75) is 4.90 Å². The van der Waals surface area contributed by atoms with Crippen LogP contribution in [0.3, 0.4) is 0 Å². The Hall–Kier alpha value is -2.52. The third-order valence-electron chi connectivity index (χ3n) is 3.97. The molecule has 9 heteroatoms. The second-order valence-corrected chi connectivity index (χ2v) is 7.47. The Bertz CT molecular complexity index is 879. The summed E-state index contributed by atoms with van der Waals surface area (Å²) in [5.74, 6) is -1.11. The summed E-state index contributed by atoms with van der Waals surface area (Å²) < 4.78 is 39.5. The normalized spacial score (nSPS) is 16.0. The molecule has 0 radical (unpaired) electrons. The Morgan fingerprint density at radius 2 is 1.68 bits per heavy atom. The van der Waals surface area contributed by atoms with E-state index in [9.17, 15) is 17.6 Å². The van der Waals surface area contributed by atoms with Crippen molar-refractivity contribution in [3.05, 3.63) is 54.0 Å². The molecule has 2 heterocycles. The highest BCUT2D eigenvalue weighted by atomic mass is 32.2. The highest BCUT2D eigenvalue weighted by Crippen LogP contribution is 2.20. The van der Waals surface area contributed by atoms with Gasteiger partial charge in [-0.25, -0.2) is 22.6 Å². The molecule has 0 amide bonds. The molecular formula is C16H16FN3O4S. The summed E-state index contributed by atoms with van der Waals surface area (Å²) in [6, 6.07) is 9.42. The zero-order valence-electron chi connectivity index (χ0n) is 13.2. The summed E-state index contributed by atoms with van der Waals surface area (Å²) in [6.07, 6.45) is 0. The fourth-order valence-electron chi connectivity index (χ4n) is 2.63. The average Bonchev–Trinajstić information content (AvgIpc) is 2.62. The lowest BCUT2D eigenvalue weighted by molar-refractivity contribution is 0.0690. The Morgan fingerprint density at radius 3 is 2.28 bits per heavy atom. The van der Waals surface area contributed by atoms with Crippen LogP contribution >= 0.6 is 0 Å². The molecule has 25 heavy (non-hydrogen) atoms. The van der Waals surface area contributed by atoms with E-state index in [0.29, 0.717) is 18.9 Å². The van der Waals surface area contributed by atoms with Gasteiger partial charge in [0.05, 0.1) is 4.90 Å². The van der Waals surface area contributed by atoms with Crippen molar-refractivity contribution < 1.29 is 22.7 Å². The van der Waals surface area contributed by atoms with Crippen LogP contribution in [0.1, 0.15) is 10.5 Å². The van der Waals surface area contributed by atoms with E-state index in [0.717, 1.165) is 12.1 Å². The Morgan fingerprint density at radius 1 is 1.04 bits per heavy atom. The Balaban J connectivity index is 1.72. The molecule has 1 aromatic heterocycles. The molecular weight excluding hydrogens is 349 g/mol. The lowest BCUT2D eigenvalue weighted by Crippen LogP contribution is -2.49. The maximum absolute atomic E-state index is 13.0. The average molecular weight is 365 g/mol. The van der Waals surface area contributed by atoms with Gasteiger partial charge >= 0.3 is 5.97 Å². The molecule has 2 aromatic rings. The van der Waals surface area contributed by atoms with Crippen LogP contribution in [0, 0.1) is 5.82 Å². The van der Waals surface area contributed by atoms with Crippen LogP contribution in [0.4, 0.5) is 10.2 Å². The number of sulfonamides is 1. The molecule has 1 fully saturated rings. The summed E-state index contributed by atoms with van der Waals surface area (Å²) in [6.45, 7) is 1.24. The third kappa shape index (κ3) is 3.62. The maximum atomic E-state index is 13.0. The van der Waals surface area contributed by atoms with Gasteiger partial charge in [-0.05, 0) is 36.4 Å². The first kappa shape index (κ1) is 17.3. The minimum atomic E-state index is -3.68. The number of halogens is 1. The van der Waals surface area contributed by atoms with Crippen LogP contribution in [0.2, 0.25) is 0 Å². The Kier molecular flexibility index (Phi) is 4.69. The van der Waals surface area contributed by atoms with E-state index in [4.69, 9.17) is 5.11 Å². The minimum absolute atomic E-state index is 0.0494. The first-order chi connectivity index (χ1) is 11.9. The van der Waals surface area contributed by atoms with Crippen molar-refractivity contribution in [1.29, 1.82) is 0 Å². The molecule has 1 aromatic carbocycles. The van der Waals surface area contributed by atoms with E-state index in [2.05, 4.69) is 4.98 Å². The van der Waals surface area contributed by atoms with E-state index in [1.54, 1.807) is 12.1 Å². The van der Waals surface area contributed by atoms with Gasteiger partial charge in [-0.15, -0.1) is 0 Å². The van der Waals surface area contributed by atoms with Gasteiger partial charge < -0.3 is 10.0 Å². The Labute approximate surface area is 144 Å². The molecule has 0 aliphatic carbocycles. The van der Waals surface area contributed by atoms with Crippen molar-refractivity contribution in [1.82, 2.24) is 9.29 Å². The molecule has 0 spiro atoms. The van der Waals surface area contributed by atoms with Crippen molar-refractivity contribution >= 4 is 21.8 Å². The van der Waals surface area contributed by atoms with Crippen LogP contribution in [0.25, 0.3) is 0 Å². The van der Waals surface area contributed by atoms with E-state index >= 15 is 0 Å². The van der Waals surface area contributed by atoms with Gasteiger partial charge in [0.1, 0.15) is 11.6 Å². The van der Waals surface area contributed by atoms with Crippen LogP contribution in [0.5, 0.6) is 0 Å². The monoisotopic (exact) mass is 365 g/mol. The number of benzene rings is 1. The van der Waals surface area contributed by atoms with E-state index in [1.807, 2.05) is 4.90 Å². The molecule has 1 aliphatic heterocycles. The molecule has 0 bridgehead atoms. The second-order valence-electron chi connectivity index (χ2n) is 5.53. The van der Waals surface area contributed by atoms with Gasteiger partial charge in [-0.3, -0.25) is 0 Å². The number of carboxylic acid groups (broad SMARTS) is 1. The van der Waals surface area contributed by atoms with Gasteiger partial charge in [0.25, 0.3) is 0 Å². The molecule has 0 atom stereocenters. The summed E-state index contributed by atoms with van der Waals surface area (Å²) in [5, 5.41) is 9.01. The highest BCUT2D eigenvalue weighted by molar-refractivity contribution is 7.89. The maximum Gasteiger partial charge on any atom is 0.354 e. The summed E-state index contributed by atoms with van der Waals surface area (Å²) in [4.78, 5) is 17.0. The van der Waals surface area contributed by atoms with Crippen LogP contribution in [-0.4, -0.2) is 55.0 Å². The molecule has 3 rings (SSSR count). The number of pyridine rings is 1. The predicted molar refractivity (Wildman–Crippen MR) is 88.6 cm³/mol. The zero-order chi connectivity index (χ0) is 18.0. The third-order valence-corrected chi connectivity index (χ3v) is 5.88.